The Kier molecular flexibility index (Phi) is 5.48. The first kappa shape index (κ1) is 20.5. The maximum absolute atomic E-state index is 12.9. The van der Waals surface area contributed by atoms with Gasteiger partial charge >= 0.3 is 0 Å². The van der Waals surface area contributed by atoms with Crippen molar-refractivity contribution in [2.45, 2.75) is 6.61 Å². The summed E-state index contributed by atoms with van der Waals surface area (Å²) in [6.45, 7) is 0.317. The Morgan fingerprint density at radius 3 is 2.74 bits per heavy atom. The van der Waals surface area contributed by atoms with Crippen LogP contribution in [-0.2, 0) is 6.61 Å². The number of nitrogens with zero attached hydrogens (tertiary/aromatic N) is 2. The number of ether oxygens (including phenoxy) is 1. The molecule has 2 aromatic heterocycles. The Hall–Kier alpha value is -2.38. The van der Waals surface area contributed by atoms with Crippen molar-refractivity contribution in [2.75, 3.05) is 0 Å². The SMILES string of the molecule is O=c1c(=Cc2ccc(OCc3ccc(Cl)cc3Cl)c(Br)c2)sc2nc3ccccc3n12. The number of imidazole rings is 1. The molecule has 8 heteroatoms. The van der Waals surface area contributed by atoms with Crippen LogP contribution in [0.3, 0.4) is 0 Å². The second-order valence-corrected chi connectivity index (χ2v) is 9.56. The second kappa shape index (κ2) is 8.28. The maximum Gasteiger partial charge on any atom is 0.274 e. The second-order valence-electron chi connectivity index (χ2n) is 6.85. The minimum Gasteiger partial charge on any atom is -0.488 e. The van der Waals surface area contributed by atoms with Crippen molar-refractivity contribution in [3.8, 4) is 5.75 Å². The highest BCUT2D eigenvalue weighted by atomic mass is 79.9. The Morgan fingerprint density at radius 1 is 1.10 bits per heavy atom. The number of hydrogen-bond acceptors (Lipinski definition) is 4. The average Bonchev–Trinajstić information content (AvgIpc) is 3.25. The molecule has 0 spiro atoms. The first-order valence-corrected chi connectivity index (χ1v) is 11.6. The van der Waals surface area contributed by atoms with E-state index in [4.69, 9.17) is 27.9 Å². The van der Waals surface area contributed by atoms with Gasteiger partial charge in [-0.25, -0.2) is 9.38 Å². The van der Waals surface area contributed by atoms with E-state index >= 15 is 0 Å². The molecule has 3 aromatic carbocycles. The van der Waals surface area contributed by atoms with E-state index in [0.717, 1.165) is 26.6 Å². The van der Waals surface area contributed by atoms with Gasteiger partial charge in [-0.1, -0.05) is 58.8 Å². The van der Waals surface area contributed by atoms with Gasteiger partial charge in [-0.3, -0.25) is 4.79 Å². The van der Waals surface area contributed by atoms with Crippen LogP contribution in [0.15, 0.2) is 69.9 Å². The van der Waals surface area contributed by atoms with Crippen LogP contribution in [-0.4, -0.2) is 9.38 Å². The summed E-state index contributed by atoms with van der Waals surface area (Å²) in [7, 11) is 0. The topological polar surface area (TPSA) is 43.6 Å². The molecule has 0 N–H and O–H groups in total. The number of halogens is 3. The fraction of sp³-hybridized carbons (Fsp3) is 0.0435. The van der Waals surface area contributed by atoms with E-state index < -0.39 is 0 Å². The third kappa shape index (κ3) is 3.96. The van der Waals surface area contributed by atoms with Crippen LogP contribution in [0.1, 0.15) is 11.1 Å². The van der Waals surface area contributed by atoms with Crippen LogP contribution in [0.25, 0.3) is 22.1 Å². The minimum absolute atomic E-state index is 0.0671. The lowest BCUT2D eigenvalue weighted by molar-refractivity contribution is 0.304. The molecule has 0 saturated heterocycles. The van der Waals surface area contributed by atoms with Crippen LogP contribution in [0, 0.1) is 0 Å². The summed E-state index contributed by atoms with van der Waals surface area (Å²) in [5, 5.41) is 1.15. The minimum atomic E-state index is -0.0671. The van der Waals surface area contributed by atoms with Gasteiger partial charge in [0.15, 0.2) is 4.96 Å². The van der Waals surface area contributed by atoms with Crippen molar-refractivity contribution in [3.05, 3.63) is 101 Å². The summed E-state index contributed by atoms with van der Waals surface area (Å²) in [6, 6.07) is 18.6. The van der Waals surface area contributed by atoms with Crippen LogP contribution in [0.4, 0.5) is 0 Å². The number of para-hydroxylation sites is 2. The smallest absolute Gasteiger partial charge is 0.274 e. The number of rotatable bonds is 4. The number of aromatic nitrogens is 2. The molecule has 0 atom stereocenters. The van der Waals surface area contributed by atoms with Crippen LogP contribution >= 0.6 is 50.5 Å². The molecular formula is C23H13BrCl2N2O2S. The zero-order chi connectivity index (χ0) is 21.5. The van der Waals surface area contributed by atoms with E-state index in [-0.39, 0.29) is 5.56 Å². The van der Waals surface area contributed by atoms with Gasteiger partial charge in [-0.15, -0.1) is 0 Å². The van der Waals surface area contributed by atoms with Crippen LogP contribution in [0.2, 0.25) is 10.0 Å². The molecule has 0 saturated carbocycles. The Morgan fingerprint density at radius 2 is 1.94 bits per heavy atom. The number of hydrogen-bond donors (Lipinski definition) is 0. The Bertz CT molecular complexity index is 1560. The fourth-order valence-electron chi connectivity index (χ4n) is 3.28. The predicted molar refractivity (Wildman–Crippen MR) is 131 cm³/mol. The summed E-state index contributed by atoms with van der Waals surface area (Å²) in [4.78, 5) is 18.2. The van der Waals surface area contributed by atoms with Gasteiger partial charge in [-0.05, 0) is 64.0 Å². The highest BCUT2D eigenvalue weighted by molar-refractivity contribution is 9.10. The van der Waals surface area contributed by atoms with E-state index in [1.807, 2.05) is 54.6 Å². The molecule has 154 valence electrons. The van der Waals surface area contributed by atoms with Crippen molar-refractivity contribution >= 4 is 72.5 Å². The zero-order valence-electron chi connectivity index (χ0n) is 15.8. The largest absolute Gasteiger partial charge is 0.488 e. The summed E-state index contributed by atoms with van der Waals surface area (Å²) in [5.74, 6) is 0.678. The quantitative estimate of drug-likeness (QED) is 0.281. The first-order valence-electron chi connectivity index (χ1n) is 9.27. The summed E-state index contributed by atoms with van der Waals surface area (Å²) >= 11 is 17.1. The van der Waals surface area contributed by atoms with Gasteiger partial charge in [0.05, 0.1) is 20.0 Å². The molecular weight excluding hydrogens is 519 g/mol. The molecule has 0 unspecified atom stereocenters. The van der Waals surface area contributed by atoms with Crippen LogP contribution < -0.4 is 14.8 Å². The lowest BCUT2D eigenvalue weighted by Gasteiger charge is -2.10. The van der Waals surface area contributed by atoms with Crippen LogP contribution in [0.5, 0.6) is 5.75 Å². The number of fused-ring (bicyclic) bond motifs is 3. The van der Waals surface area contributed by atoms with Gasteiger partial charge < -0.3 is 4.74 Å². The van der Waals surface area contributed by atoms with Crippen molar-refractivity contribution in [3.63, 3.8) is 0 Å². The molecule has 5 rings (SSSR count). The van der Waals surface area contributed by atoms with E-state index in [2.05, 4.69) is 20.9 Å². The lowest BCUT2D eigenvalue weighted by atomic mass is 10.2. The molecule has 2 heterocycles. The van der Waals surface area contributed by atoms with E-state index in [9.17, 15) is 4.79 Å². The molecule has 0 aliphatic rings. The highest BCUT2D eigenvalue weighted by Gasteiger charge is 2.11. The van der Waals surface area contributed by atoms with Gasteiger partial charge in [0.2, 0.25) is 0 Å². The lowest BCUT2D eigenvalue weighted by Crippen LogP contribution is -2.22. The molecule has 5 aromatic rings. The fourth-order valence-corrected chi connectivity index (χ4v) is 5.24. The normalized spacial score (nSPS) is 12.2. The molecule has 0 bridgehead atoms. The predicted octanol–water partition coefficient (Wildman–Crippen LogP) is 6.11. The van der Waals surface area contributed by atoms with Gasteiger partial charge in [0.25, 0.3) is 5.56 Å². The molecule has 0 aliphatic carbocycles. The summed E-state index contributed by atoms with van der Waals surface area (Å²) < 4.78 is 8.97. The van der Waals surface area contributed by atoms with Crippen molar-refractivity contribution in [2.24, 2.45) is 0 Å². The maximum atomic E-state index is 12.9. The molecule has 4 nitrogen and oxygen atoms in total. The van der Waals surface area contributed by atoms with E-state index in [1.54, 1.807) is 16.5 Å². The number of benzene rings is 3. The average molecular weight is 532 g/mol. The zero-order valence-corrected chi connectivity index (χ0v) is 19.7. The third-order valence-electron chi connectivity index (χ3n) is 4.80. The van der Waals surface area contributed by atoms with Crippen molar-refractivity contribution in [1.29, 1.82) is 0 Å². The highest BCUT2D eigenvalue weighted by Crippen LogP contribution is 2.29. The standard InChI is InChI=1S/C23H13BrCl2N2O2S/c24-16-9-13(5-8-20(16)30-12-14-6-7-15(25)11-17(14)26)10-21-22(29)28-19-4-2-1-3-18(19)27-23(28)31-21/h1-11H,12H2. The van der Waals surface area contributed by atoms with E-state index in [0.29, 0.717) is 31.9 Å². The molecule has 0 aliphatic heterocycles. The van der Waals surface area contributed by atoms with Crippen molar-refractivity contribution in [1.82, 2.24) is 9.38 Å². The Labute approximate surface area is 199 Å². The van der Waals surface area contributed by atoms with Crippen molar-refractivity contribution < 1.29 is 4.74 Å². The number of thiazole rings is 1. The first-order chi connectivity index (χ1) is 15.0. The van der Waals surface area contributed by atoms with Gasteiger partial charge in [0.1, 0.15) is 12.4 Å². The third-order valence-corrected chi connectivity index (χ3v) is 6.97. The summed E-state index contributed by atoms with van der Waals surface area (Å²) in [6.07, 6.45) is 1.86. The van der Waals surface area contributed by atoms with E-state index in [1.165, 1.54) is 11.3 Å². The molecule has 0 fully saturated rings. The monoisotopic (exact) mass is 530 g/mol. The van der Waals surface area contributed by atoms with Gasteiger partial charge in [-0.2, -0.15) is 0 Å². The summed E-state index contributed by atoms with van der Waals surface area (Å²) in [5.41, 5.74) is 3.31. The molecule has 31 heavy (non-hydrogen) atoms. The Balaban J connectivity index is 1.44. The molecule has 0 amide bonds. The molecule has 0 radical (unpaired) electrons. The van der Waals surface area contributed by atoms with Gasteiger partial charge in [0, 0.05) is 15.6 Å².